The number of hydrogen-bond acceptors (Lipinski definition) is 6. The molecule has 30 heavy (non-hydrogen) atoms. The first-order valence-electron chi connectivity index (χ1n) is 10.4. The van der Waals surface area contributed by atoms with Crippen LogP contribution in [0.25, 0.3) is 11.1 Å². The maximum absolute atomic E-state index is 13.6. The predicted molar refractivity (Wildman–Crippen MR) is 118 cm³/mol. The van der Waals surface area contributed by atoms with Crippen LogP contribution >= 0.6 is 0 Å². The van der Waals surface area contributed by atoms with Crippen LogP contribution in [0, 0.1) is 0 Å². The molecule has 0 aliphatic carbocycles. The molecule has 0 spiro atoms. The number of nitrogens with one attached hydrogen (secondary N) is 1. The standard InChI is InChI=1S/C23H24N6O/c1-2-25-23-26-14-20-21(27-23)28-12-4-7-19(28)15-29(22(20)30)18-6-3-5-17(13-18)16-8-10-24-11-9-16/h3,5-6,8-11,13-14,19H,2,4,7,12,15H2,1H3,(H,25,26,27). The van der Waals surface area contributed by atoms with Gasteiger partial charge in [-0.1, -0.05) is 12.1 Å². The Morgan fingerprint density at radius 3 is 2.87 bits per heavy atom. The highest BCUT2D eigenvalue weighted by molar-refractivity contribution is 6.10. The van der Waals surface area contributed by atoms with Gasteiger partial charge < -0.3 is 15.1 Å². The molecular formula is C23H24N6O. The second kappa shape index (κ2) is 7.74. The highest BCUT2D eigenvalue weighted by atomic mass is 16.2. The summed E-state index contributed by atoms with van der Waals surface area (Å²) in [5, 5.41) is 3.16. The maximum Gasteiger partial charge on any atom is 0.263 e. The predicted octanol–water partition coefficient (Wildman–Crippen LogP) is 3.60. The van der Waals surface area contributed by atoms with Crippen LogP contribution in [0.2, 0.25) is 0 Å². The Balaban J connectivity index is 1.56. The zero-order chi connectivity index (χ0) is 20.5. The van der Waals surface area contributed by atoms with Gasteiger partial charge in [0, 0.05) is 50.0 Å². The minimum atomic E-state index is -0.0469. The van der Waals surface area contributed by atoms with Crippen LogP contribution in [0.5, 0.6) is 0 Å². The monoisotopic (exact) mass is 400 g/mol. The summed E-state index contributed by atoms with van der Waals surface area (Å²) in [6, 6.07) is 12.3. The van der Waals surface area contributed by atoms with E-state index in [2.05, 4.69) is 32.3 Å². The Kier molecular flexibility index (Phi) is 4.78. The average Bonchev–Trinajstić information content (AvgIpc) is 3.22. The smallest absolute Gasteiger partial charge is 0.263 e. The summed E-state index contributed by atoms with van der Waals surface area (Å²) in [5.74, 6) is 1.28. The lowest BCUT2D eigenvalue weighted by atomic mass is 10.1. The number of carbonyl (C=O) groups excluding carboxylic acids is 1. The van der Waals surface area contributed by atoms with Gasteiger partial charge in [-0.05, 0) is 55.2 Å². The van der Waals surface area contributed by atoms with Crippen molar-refractivity contribution in [3.8, 4) is 11.1 Å². The van der Waals surface area contributed by atoms with E-state index >= 15 is 0 Å². The van der Waals surface area contributed by atoms with Gasteiger partial charge >= 0.3 is 0 Å². The number of carbonyl (C=O) groups is 1. The zero-order valence-corrected chi connectivity index (χ0v) is 17.0. The number of nitrogens with zero attached hydrogens (tertiary/aromatic N) is 5. The average molecular weight is 400 g/mol. The van der Waals surface area contributed by atoms with Crippen molar-refractivity contribution in [1.29, 1.82) is 0 Å². The molecule has 0 bridgehead atoms. The van der Waals surface area contributed by atoms with Crippen LogP contribution in [0.15, 0.2) is 55.0 Å². The Labute approximate surface area is 175 Å². The molecule has 2 aromatic heterocycles. The summed E-state index contributed by atoms with van der Waals surface area (Å²) >= 11 is 0. The normalized spacial score (nSPS) is 18.0. The minimum Gasteiger partial charge on any atom is -0.354 e. The SMILES string of the molecule is CCNc1ncc2c(n1)N1CCCC1CN(c1cccc(-c3ccncc3)c1)C2=O. The van der Waals surface area contributed by atoms with Gasteiger partial charge in [-0.3, -0.25) is 9.78 Å². The Hall–Kier alpha value is -3.48. The summed E-state index contributed by atoms with van der Waals surface area (Å²) in [6.07, 6.45) is 7.39. The van der Waals surface area contributed by atoms with E-state index in [4.69, 9.17) is 4.98 Å². The van der Waals surface area contributed by atoms with Crippen molar-refractivity contribution >= 4 is 23.4 Å². The fraction of sp³-hybridized carbons (Fsp3) is 0.304. The van der Waals surface area contributed by atoms with Crippen molar-refractivity contribution in [3.05, 3.63) is 60.6 Å². The summed E-state index contributed by atoms with van der Waals surface area (Å²) in [5.41, 5.74) is 3.60. The quantitative estimate of drug-likeness (QED) is 0.721. The number of fused-ring (bicyclic) bond motifs is 3. The number of hydrogen-bond donors (Lipinski definition) is 1. The van der Waals surface area contributed by atoms with E-state index in [0.717, 1.165) is 48.6 Å². The molecule has 1 fully saturated rings. The number of rotatable bonds is 4. The van der Waals surface area contributed by atoms with Crippen LogP contribution < -0.4 is 15.1 Å². The Morgan fingerprint density at radius 1 is 1.17 bits per heavy atom. The third-order valence-corrected chi connectivity index (χ3v) is 5.79. The van der Waals surface area contributed by atoms with E-state index in [0.29, 0.717) is 18.1 Å². The summed E-state index contributed by atoms with van der Waals surface area (Å²) in [7, 11) is 0. The molecule has 7 nitrogen and oxygen atoms in total. The summed E-state index contributed by atoms with van der Waals surface area (Å²) in [6.45, 7) is 4.31. The molecule has 152 valence electrons. The molecule has 1 amide bonds. The van der Waals surface area contributed by atoms with Crippen molar-refractivity contribution in [1.82, 2.24) is 15.0 Å². The molecule has 1 atom stereocenters. The topological polar surface area (TPSA) is 74.2 Å². The van der Waals surface area contributed by atoms with Gasteiger partial charge in [0.25, 0.3) is 5.91 Å². The number of amides is 1. The molecule has 5 rings (SSSR count). The summed E-state index contributed by atoms with van der Waals surface area (Å²) < 4.78 is 0. The lowest BCUT2D eigenvalue weighted by molar-refractivity contribution is 0.0988. The fourth-order valence-corrected chi connectivity index (χ4v) is 4.35. The van der Waals surface area contributed by atoms with E-state index < -0.39 is 0 Å². The number of anilines is 3. The molecule has 7 heteroatoms. The second-order valence-electron chi connectivity index (χ2n) is 7.65. The third-order valence-electron chi connectivity index (χ3n) is 5.79. The molecular weight excluding hydrogens is 376 g/mol. The van der Waals surface area contributed by atoms with E-state index in [-0.39, 0.29) is 11.9 Å². The van der Waals surface area contributed by atoms with Gasteiger partial charge in [-0.15, -0.1) is 0 Å². The minimum absolute atomic E-state index is 0.0469. The molecule has 1 unspecified atom stereocenters. The van der Waals surface area contributed by atoms with Gasteiger partial charge in [0.2, 0.25) is 5.95 Å². The first-order valence-corrected chi connectivity index (χ1v) is 10.4. The largest absolute Gasteiger partial charge is 0.354 e. The molecule has 4 heterocycles. The molecule has 2 aliphatic heterocycles. The zero-order valence-electron chi connectivity index (χ0n) is 17.0. The van der Waals surface area contributed by atoms with Gasteiger partial charge in [0.05, 0.1) is 0 Å². The molecule has 0 radical (unpaired) electrons. The highest BCUT2D eigenvalue weighted by Gasteiger charge is 2.37. The fourth-order valence-electron chi connectivity index (χ4n) is 4.35. The van der Waals surface area contributed by atoms with E-state index in [9.17, 15) is 4.79 Å². The third kappa shape index (κ3) is 3.26. The summed E-state index contributed by atoms with van der Waals surface area (Å²) in [4.78, 5) is 30.9. The Bertz CT molecular complexity index is 1070. The molecule has 3 aromatic rings. The number of benzene rings is 1. The molecule has 0 saturated carbocycles. The van der Waals surface area contributed by atoms with E-state index in [1.807, 2.05) is 36.1 Å². The van der Waals surface area contributed by atoms with E-state index in [1.165, 1.54) is 0 Å². The lowest BCUT2D eigenvalue weighted by Gasteiger charge is -2.27. The molecule has 1 saturated heterocycles. The van der Waals surface area contributed by atoms with Crippen molar-refractivity contribution in [3.63, 3.8) is 0 Å². The van der Waals surface area contributed by atoms with Gasteiger partial charge in [-0.25, -0.2) is 4.98 Å². The van der Waals surface area contributed by atoms with Crippen molar-refractivity contribution in [2.24, 2.45) is 0 Å². The van der Waals surface area contributed by atoms with Crippen LogP contribution in [0.3, 0.4) is 0 Å². The van der Waals surface area contributed by atoms with Gasteiger partial charge in [0.1, 0.15) is 11.4 Å². The molecule has 1 aromatic carbocycles. The van der Waals surface area contributed by atoms with Crippen molar-refractivity contribution < 1.29 is 4.79 Å². The van der Waals surface area contributed by atoms with Gasteiger partial charge in [0.15, 0.2) is 0 Å². The van der Waals surface area contributed by atoms with Gasteiger partial charge in [-0.2, -0.15) is 4.98 Å². The van der Waals surface area contributed by atoms with Crippen molar-refractivity contribution in [2.75, 3.05) is 34.8 Å². The maximum atomic E-state index is 13.6. The second-order valence-corrected chi connectivity index (χ2v) is 7.65. The Morgan fingerprint density at radius 2 is 2.03 bits per heavy atom. The molecule has 2 aliphatic rings. The molecule has 1 N–H and O–H groups in total. The first-order chi connectivity index (χ1) is 14.7. The van der Waals surface area contributed by atoms with E-state index in [1.54, 1.807) is 18.6 Å². The number of aromatic nitrogens is 3. The van der Waals surface area contributed by atoms with Crippen LogP contribution in [0.1, 0.15) is 30.1 Å². The highest BCUT2D eigenvalue weighted by Crippen LogP contribution is 2.35. The first kappa shape index (κ1) is 18.5. The van der Waals surface area contributed by atoms with Crippen LogP contribution in [-0.2, 0) is 0 Å². The number of pyridine rings is 1. The van der Waals surface area contributed by atoms with Crippen molar-refractivity contribution in [2.45, 2.75) is 25.8 Å². The lowest BCUT2D eigenvalue weighted by Crippen LogP contribution is -2.39. The van der Waals surface area contributed by atoms with Crippen LogP contribution in [-0.4, -0.2) is 46.5 Å². The van der Waals surface area contributed by atoms with Crippen LogP contribution in [0.4, 0.5) is 17.5 Å².